The summed E-state index contributed by atoms with van der Waals surface area (Å²) in [7, 11) is 6.59. The molecule has 0 aliphatic heterocycles. The minimum Gasteiger partial charge on any atom is -0.497 e. The first kappa shape index (κ1) is 25.5. The summed E-state index contributed by atoms with van der Waals surface area (Å²) in [5.74, 6) is 2.79. The molecule has 0 amide bonds. The second-order valence-corrected chi connectivity index (χ2v) is 7.28. The van der Waals surface area contributed by atoms with Gasteiger partial charge in [0.25, 0.3) is 0 Å². The van der Waals surface area contributed by atoms with E-state index in [-0.39, 0.29) is 11.6 Å². The zero-order valence-corrected chi connectivity index (χ0v) is 20.3. The lowest BCUT2D eigenvalue weighted by molar-refractivity contribution is 0.414. The second-order valence-electron chi connectivity index (χ2n) is 7.28. The minimum atomic E-state index is 0.257. The number of rotatable bonds is 6. The van der Waals surface area contributed by atoms with Crippen LogP contribution in [0.1, 0.15) is 0 Å². The van der Waals surface area contributed by atoms with E-state index in [9.17, 15) is 0 Å². The van der Waals surface area contributed by atoms with Gasteiger partial charge >= 0.3 is 0 Å². The van der Waals surface area contributed by atoms with Crippen LogP contribution < -0.4 is 32.4 Å². The van der Waals surface area contributed by atoms with Crippen LogP contribution in [0.4, 0.5) is 46.0 Å². The van der Waals surface area contributed by atoms with Gasteiger partial charge in [-0.25, -0.2) is 9.36 Å². The molecule has 36 heavy (non-hydrogen) atoms. The van der Waals surface area contributed by atoms with Crippen molar-refractivity contribution in [1.82, 2.24) is 19.6 Å². The molecule has 0 spiro atoms. The van der Waals surface area contributed by atoms with Crippen LogP contribution in [0.3, 0.4) is 0 Å². The highest BCUT2D eigenvalue weighted by molar-refractivity contribution is 5.71. The van der Waals surface area contributed by atoms with Crippen molar-refractivity contribution in [2.24, 2.45) is 34.6 Å². The smallest absolute Gasteiger partial charge is 0.175 e. The van der Waals surface area contributed by atoms with Gasteiger partial charge in [0, 0.05) is 14.1 Å². The summed E-state index contributed by atoms with van der Waals surface area (Å²) in [5, 5.41) is 24.0. The largest absolute Gasteiger partial charge is 0.497 e. The molecule has 4 aromatic rings. The summed E-state index contributed by atoms with van der Waals surface area (Å²) in [6.07, 6.45) is 0. The Labute approximate surface area is 207 Å². The van der Waals surface area contributed by atoms with Crippen molar-refractivity contribution < 1.29 is 9.47 Å². The Morgan fingerprint density at radius 2 is 0.917 bits per heavy atom. The fourth-order valence-electron chi connectivity index (χ4n) is 2.81. The Morgan fingerprint density at radius 1 is 0.583 bits per heavy atom. The molecule has 0 radical (unpaired) electrons. The lowest BCUT2D eigenvalue weighted by atomic mass is 10.3. The van der Waals surface area contributed by atoms with Gasteiger partial charge in [-0.1, -0.05) is 0 Å². The summed E-state index contributed by atoms with van der Waals surface area (Å²) in [6, 6.07) is 14.3. The van der Waals surface area contributed by atoms with Gasteiger partial charge in [-0.3, -0.25) is 0 Å². The highest BCUT2D eigenvalue weighted by Gasteiger charge is 2.11. The Morgan fingerprint density at radius 3 is 1.17 bits per heavy atom. The highest BCUT2D eigenvalue weighted by atomic mass is 16.5. The van der Waals surface area contributed by atoms with E-state index in [1.807, 2.05) is 0 Å². The summed E-state index contributed by atoms with van der Waals surface area (Å²) in [5.41, 5.74) is 25.0. The zero-order chi connectivity index (χ0) is 26.2. The first-order chi connectivity index (χ1) is 17.2. The van der Waals surface area contributed by atoms with Crippen molar-refractivity contribution in [3.8, 4) is 11.5 Å². The first-order valence-corrected chi connectivity index (χ1v) is 10.5. The number of nitrogens with zero attached hydrogens (tertiary/aromatic N) is 8. The van der Waals surface area contributed by atoms with Crippen molar-refractivity contribution in [3.63, 3.8) is 0 Å². The Balaban J connectivity index is 0.000000201. The number of nitrogens with two attached hydrogens (primary N) is 4. The molecule has 188 valence electrons. The summed E-state index contributed by atoms with van der Waals surface area (Å²) < 4.78 is 13.0. The summed E-state index contributed by atoms with van der Waals surface area (Å²) >= 11 is 0. The predicted molar refractivity (Wildman–Crippen MR) is 138 cm³/mol. The van der Waals surface area contributed by atoms with Crippen LogP contribution in [0.25, 0.3) is 0 Å². The molecule has 0 bridgehead atoms. The third-order valence-electron chi connectivity index (χ3n) is 4.86. The number of azo groups is 2. The van der Waals surface area contributed by atoms with Crippen molar-refractivity contribution >= 4 is 46.0 Å². The first-order valence-electron chi connectivity index (χ1n) is 10.5. The molecule has 0 saturated heterocycles. The standard InChI is InChI=1S/2C11H14N6O/c2*1-17-11(13)9(10(12)16-17)15-14-7-3-5-8(18-2)6-4-7/h2*3-6H,13H2,1-2H3,(H2,12,16). The Bertz CT molecular complexity index is 1250. The molecule has 0 aliphatic carbocycles. The van der Waals surface area contributed by atoms with Crippen LogP contribution in [0.5, 0.6) is 11.5 Å². The average Bonchev–Trinajstić information content (AvgIpc) is 3.28. The van der Waals surface area contributed by atoms with Gasteiger partial charge in [0.1, 0.15) is 11.5 Å². The van der Waals surface area contributed by atoms with E-state index in [0.29, 0.717) is 34.4 Å². The Kier molecular flexibility index (Phi) is 8.02. The number of anilines is 4. The van der Waals surface area contributed by atoms with Crippen LogP contribution in [-0.2, 0) is 14.1 Å². The molecule has 0 saturated carbocycles. The van der Waals surface area contributed by atoms with E-state index >= 15 is 0 Å². The molecule has 2 aromatic heterocycles. The van der Waals surface area contributed by atoms with Crippen molar-refractivity contribution in [3.05, 3.63) is 48.5 Å². The molecular formula is C22H28N12O2. The molecule has 8 N–H and O–H groups in total. The minimum absolute atomic E-state index is 0.257. The SMILES string of the molecule is COc1ccc(N=Nc2c(N)nn(C)c2N)cc1.COc1ccc(N=Nc2c(N)nn(C)c2N)cc1. The summed E-state index contributed by atoms with van der Waals surface area (Å²) in [4.78, 5) is 0. The molecule has 14 heteroatoms. The topological polar surface area (TPSA) is 208 Å². The second kappa shape index (κ2) is 11.3. The number of methoxy groups -OCH3 is 2. The van der Waals surface area contributed by atoms with Crippen molar-refractivity contribution in [1.29, 1.82) is 0 Å². The quantitative estimate of drug-likeness (QED) is 0.288. The van der Waals surface area contributed by atoms with Crippen LogP contribution >= 0.6 is 0 Å². The monoisotopic (exact) mass is 492 g/mol. The number of ether oxygens (including phenoxy) is 2. The van der Waals surface area contributed by atoms with Crippen molar-refractivity contribution in [2.75, 3.05) is 37.2 Å². The number of aromatic nitrogens is 4. The van der Waals surface area contributed by atoms with E-state index in [1.165, 1.54) is 9.36 Å². The average molecular weight is 493 g/mol. The van der Waals surface area contributed by atoms with E-state index in [1.54, 1.807) is 76.8 Å². The molecule has 2 heterocycles. The van der Waals surface area contributed by atoms with Crippen molar-refractivity contribution in [2.45, 2.75) is 0 Å². The number of hydrogen-bond donors (Lipinski definition) is 4. The fraction of sp³-hybridized carbons (Fsp3) is 0.182. The van der Waals surface area contributed by atoms with Gasteiger partial charge in [0.2, 0.25) is 0 Å². The van der Waals surface area contributed by atoms with E-state index < -0.39 is 0 Å². The molecule has 14 nitrogen and oxygen atoms in total. The van der Waals surface area contributed by atoms with Crippen LogP contribution in [0.15, 0.2) is 69.0 Å². The third kappa shape index (κ3) is 6.05. The third-order valence-corrected chi connectivity index (χ3v) is 4.86. The molecule has 4 rings (SSSR count). The summed E-state index contributed by atoms with van der Waals surface area (Å²) in [6.45, 7) is 0. The Hall–Kier alpha value is -5.14. The van der Waals surface area contributed by atoms with Gasteiger partial charge in [0.05, 0.1) is 25.6 Å². The van der Waals surface area contributed by atoms with Gasteiger partial charge in [0.15, 0.2) is 34.6 Å². The molecule has 2 aromatic carbocycles. The van der Waals surface area contributed by atoms with E-state index in [2.05, 4.69) is 30.7 Å². The van der Waals surface area contributed by atoms with Gasteiger partial charge < -0.3 is 32.4 Å². The maximum absolute atomic E-state index is 5.76. The van der Waals surface area contributed by atoms with E-state index in [4.69, 9.17) is 32.4 Å². The maximum Gasteiger partial charge on any atom is 0.175 e. The number of benzene rings is 2. The van der Waals surface area contributed by atoms with Gasteiger partial charge in [-0.15, -0.1) is 10.2 Å². The maximum atomic E-state index is 5.76. The number of hydrogen-bond acceptors (Lipinski definition) is 12. The lowest BCUT2D eigenvalue weighted by Crippen LogP contribution is -1.97. The normalized spacial score (nSPS) is 11.0. The molecule has 0 aliphatic rings. The van der Waals surface area contributed by atoms with Crippen LogP contribution in [0.2, 0.25) is 0 Å². The fourth-order valence-corrected chi connectivity index (χ4v) is 2.81. The van der Waals surface area contributed by atoms with Gasteiger partial charge in [-0.2, -0.15) is 20.4 Å². The van der Waals surface area contributed by atoms with E-state index in [0.717, 1.165) is 11.5 Å². The predicted octanol–water partition coefficient (Wildman–Crippen LogP) is 4.02. The van der Waals surface area contributed by atoms with Crippen LogP contribution in [-0.4, -0.2) is 33.8 Å². The molecule has 0 atom stereocenters. The lowest BCUT2D eigenvalue weighted by Gasteiger charge is -1.98. The molecule has 0 fully saturated rings. The van der Waals surface area contributed by atoms with Crippen LogP contribution in [0, 0.1) is 0 Å². The molecular weight excluding hydrogens is 464 g/mol. The van der Waals surface area contributed by atoms with Gasteiger partial charge in [-0.05, 0) is 48.5 Å². The number of nitrogen functional groups attached to an aromatic ring is 4. The number of aryl methyl sites for hydroxylation is 2. The molecule has 0 unspecified atom stereocenters. The zero-order valence-electron chi connectivity index (χ0n) is 20.3. The highest BCUT2D eigenvalue weighted by Crippen LogP contribution is 2.31.